The van der Waals surface area contributed by atoms with Gasteiger partial charge in [-0.05, 0) is 13.0 Å². The first-order chi connectivity index (χ1) is 11.6. The van der Waals surface area contributed by atoms with E-state index >= 15 is 0 Å². The van der Waals surface area contributed by atoms with Gasteiger partial charge < -0.3 is 19.5 Å². The fourth-order valence-corrected chi connectivity index (χ4v) is 2.19. The van der Waals surface area contributed by atoms with Crippen molar-refractivity contribution in [1.29, 1.82) is 0 Å². The Balaban J connectivity index is 2.37. The Morgan fingerprint density at radius 1 is 1.32 bits per heavy atom. The maximum absolute atomic E-state index is 13.7. The quantitative estimate of drug-likeness (QED) is 0.655. The van der Waals surface area contributed by atoms with Crippen molar-refractivity contribution in [3.05, 3.63) is 29.3 Å². The molecule has 0 saturated carbocycles. The Labute approximate surface area is 137 Å². The van der Waals surface area contributed by atoms with Gasteiger partial charge in [-0.15, -0.1) is 0 Å². The van der Waals surface area contributed by atoms with Gasteiger partial charge in [0.15, 0.2) is 17.7 Å². The summed E-state index contributed by atoms with van der Waals surface area (Å²) < 4.78 is 78.6. The lowest BCUT2D eigenvalue weighted by Gasteiger charge is -2.33. The Kier molecular flexibility index (Phi) is 5.33. The molecule has 1 amide bonds. The highest BCUT2D eigenvalue weighted by molar-refractivity contribution is 5.76. The molecular weight excluding hydrogens is 357 g/mol. The van der Waals surface area contributed by atoms with E-state index in [1.54, 1.807) is 0 Å². The number of hydrogen-bond acceptors (Lipinski definition) is 5. The molecule has 0 radical (unpaired) electrons. The maximum Gasteiger partial charge on any atom is 0.490 e. The van der Waals surface area contributed by atoms with E-state index in [0.29, 0.717) is 12.1 Å². The highest BCUT2D eigenvalue weighted by Crippen LogP contribution is 2.38. The average molecular weight is 369 g/mol. The highest BCUT2D eigenvalue weighted by Gasteiger charge is 2.46. The molecule has 1 unspecified atom stereocenters. The number of esters is 1. The summed E-state index contributed by atoms with van der Waals surface area (Å²) in [5.74, 6) is -5.45. The summed E-state index contributed by atoms with van der Waals surface area (Å²) in [7, 11) is 0. The fraction of sp³-hybridized carbons (Fsp3) is 0.429. The third-order valence-electron chi connectivity index (χ3n) is 3.16. The summed E-state index contributed by atoms with van der Waals surface area (Å²) in [4.78, 5) is 22.6. The minimum absolute atomic E-state index is 0.0355. The first kappa shape index (κ1) is 18.7. The van der Waals surface area contributed by atoms with E-state index in [0.717, 1.165) is 0 Å². The fourth-order valence-electron chi connectivity index (χ4n) is 2.19. The van der Waals surface area contributed by atoms with Gasteiger partial charge in [-0.1, -0.05) is 0 Å². The van der Waals surface area contributed by atoms with Crippen LogP contribution in [-0.2, 0) is 14.3 Å². The van der Waals surface area contributed by atoms with Crippen molar-refractivity contribution in [2.75, 3.05) is 13.2 Å². The second-order valence-electron chi connectivity index (χ2n) is 4.91. The molecule has 0 spiro atoms. The third-order valence-corrected chi connectivity index (χ3v) is 3.16. The van der Waals surface area contributed by atoms with E-state index in [1.807, 2.05) is 0 Å². The minimum Gasteiger partial charge on any atom is -0.488 e. The zero-order valence-electron chi connectivity index (χ0n) is 12.7. The van der Waals surface area contributed by atoms with Crippen LogP contribution in [0.1, 0.15) is 18.6 Å². The number of carbonyl (C=O) groups excluding carboxylic acids is 2. The van der Waals surface area contributed by atoms with Crippen LogP contribution in [0.25, 0.3) is 0 Å². The number of alkyl carbamates (subject to hydrolysis) is 1. The van der Waals surface area contributed by atoms with E-state index in [-0.39, 0.29) is 6.61 Å². The van der Waals surface area contributed by atoms with Crippen molar-refractivity contribution in [3.63, 3.8) is 0 Å². The second-order valence-corrected chi connectivity index (χ2v) is 4.91. The topological polar surface area (TPSA) is 73.9 Å². The van der Waals surface area contributed by atoms with Crippen LogP contribution in [0.15, 0.2) is 12.1 Å². The SMILES string of the molecule is CCOC(=O)N[C@H]1COc2c(F)cc(F)cc2C1OC(=O)C(F)(F)F. The van der Waals surface area contributed by atoms with E-state index in [9.17, 15) is 31.5 Å². The number of ether oxygens (including phenoxy) is 3. The molecule has 138 valence electrons. The Bertz CT molecular complexity index is 678. The number of rotatable bonds is 3. The molecule has 1 aliphatic heterocycles. The summed E-state index contributed by atoms with van der Waals surface area (Å²) in [6.45, 7) is 0.925. The van der Waals surface area contributed by atoms with Crippen LogP contribution in [0.4, 0.5) is 26.7 Å². The predicted octanol–water partition coefficient (Wildman–Crippen LogP) is 2.62. The third kappa shape index (κ3) is 4.28. The number of benzene rings is 1. The molecule has 6 nitrogen and oxygen atoms in total. The zero-order chi connectivity index (χ0) is 18.8. The number of nitrogens with one attached hydrogen (secondary N) is 1. The van der Waals surface area contributed by atoms with E-state index in [1.165, 1.54) is 6.92 Å². The summed E-state index contributed by atoms with van der Waals surface area (Å²) in [5, 5.41) is 2.13. The molecule has 0 saturated heterocycles. The van der Waals surface area contributed by atoms with Crippen molar-refractivity contribution >= 4 is 12.1 Å². The Morgan fingerprint density at radius 2 is 2.00 bits per heavy atom. The zero-order valence-corrected chi connectivity index (χ0v) is 12.7. The van der Waals surface area contributed by atoms with Gasteiger partial charge in [0.05, 0.1) is 6.61 Å². The van der Waals surface area contributed by atoms with Crippen molar-refractivity contribution in [2.24, 2.45) is 0 Å². The summed E-state index contributed by atoms with van der Waals surface area (Å²) in [5.41, 5.74) is -0.483. The first-order valence-electron chi connectivity index (χ1n) is 6.96. The lowest BCUT2D eigenvalue weighted by Crippen LogP contribution is -2.48. The summed E-state index contributed by atoms with van der Waals surface area (Å²) >= 11 is 0. The number of carbonyl (C=O) groups is 2. The first-order valence-corrected chi connectivity index (χ1v) is 6.96. The van der Waals surface area contributed by atoms with Gasteiger partial charge >= 0.3 is 18.2 Å². The van der Waals surface area contributed by atoms with Crippen LogP contribution in [0, 0.1) is 11.6 Å². The molecule has 0 aromatic heterocycles. The smallest absolute Gasteiger partial charge is 0.488 e. The van der Waals surface area contributed by atoms with Crippen LogP contribution in [0.3, 0.4) is 0 Å². The van der Waals surface area contributed by atoms with Gasteiger partial charge in [-0.3, -0.25) is 0 Å². The van der Waals surface area contributed by atoms with Gasteiger partial charge in [0.2, 0.25) is 0 Å². The predicted molar refractivity (Wildman–Crippen MR) is 70.7 cm³/mol. The largest absolute Gasteiger partial charge is 0.490 e. The highest BCUT2D eigenvalue weighted by atomic mass is 19.4. The molecule has 11 heteroatoms. The van der Waals surface area contributed by atoms with Crippen LogP contribution in [-0.4, -0.2) is 37.5 Å². The summed E-state index contributed by atoms with van der Waals surface area (Å²) in [6.07, 6.45) is -8.18. The summed E-state index contributed by atoms with van der Waals surface area (Å²) in [6, 6.07) is -0.231. The van der Waals surface area contributed by atoms with Crippen molar-refractivity contribution in [2.45, 2.75) is 25.2 Å². The standard InChI is InChI=1S/C14H12F5NO5/c1-2-23-13(22)20-9-5-24-10-7(3-6(15)4-8(10)16)11(9)25-12(21)14(17,18)19/h3-4,9,11H,2,5H2,1H3,(H,20,22)/t9-,11?/m0/s1. The van der Waals surface area contributed by atoms with E-state index < -0.39 is 59.9 Å². The lowest BCUT2D eigenvalue weighted by atomic mass is 9.98. The number of hydrogen-bond donors (Lipinski definition) is 1. The van der Waals surface area contributed by atoms with Gasteiger partial charge in [0.1, 0.15) is 18.5 Å². The normalized spacial score (nSPS) is 19.4. The van der Waals surface area contributed by atoms with Gasteiger partial charge in [0, 0.05) is 11.6 Å². The molecule has 25 heavy (non-hydrogen) atoms. The Morgan fingerprint density at radius 3 is 2.60 bits per heavy atom. The molecular formula is C14H12F5NO5. The molecule has 0 fully saturated rings. The molecule has 2 atom stereocenters. The van der Waals surface area contributed by atoms with Gasteiger partial charge in [-0.2, -0.15) is 13.2 Å². The van der Waals surface area contributed by atoms with Crippen molar-refractivity contribution < 1.29 is 45.8 Å². The molecule has 0 aliphatic carbocycles. The van der Waals surface area contributed by atoms with Crippen LogP contribution >= 0.6 is 0 Å². The second kappa shape index (κ2) is 7.11. The Hall–Kier alpha value is -2.59. The number of amides is 1. The van der Waals surface area contributed by atoms with Crippen molar-refractivity contribution in [3.8, 4) is 5.75 Å². The van der Waals surface area contributed by atoms with E-state index in [4.69, 9.17) is 4.74 Å². The molecule has 0 bridgehead atoms. The van der Waals surface area contributed by atoms with Gasteiger partial charge in [0.25, 0.3) is 0 Å². The van der Waals surface area contributed by atoms with Crippen LogP contribution in [0.5, 0.6) is 5.75 Å². The molecule has 2 rings (SSSR count). The van der Waals surface area contributed by atoms with Crippen molar-refractivity contribution in [1.82, 2.24) is 5.32 Å². The molecule has 1 aromatic carbocycles. The molecule has 1 N–H and O–H groups in total. The molecule has 1 aromatic rings. The average Bonchev–Trinajstić information content (AvgIpc) is 2.48. The monoisotopic (exact) mass is 369 g/mol. The van der Waals surface area contributed by atoms with Crippen LogP contribution in [0.2, 0.25) is 0 Å². The number of alkyl halides is 3. The lowest BCUT2D eigenvalue weighted by molar-refractivity contribution is -0.207. The minimum atomic E-state index is -5.33. The van der Waals surface area contributed by atoms with E-state index in [2.05, 4.69) is 14.8 Å². The van der Waals surface area contributed by atoms with Gasteiger partial charge in [-0.25, -0.2) is 18.4 Å². The number of fused-ring (bicyclic) bond motifs is 1. The maximum atomic E-state index is 13.7. The van der Waals surface area contributed by atoms with Crippen LogP contribution < -0.4 is 10.1 Å². The molecule has 1 heterocycles. The molecule has 1 aliphatic rings. The number of halogens is 5.